The number of nitrogens with two attached hydrogens (primary N) is 1. The molecular weight excluding hydrogens is 552 g/mol. The molecule has 40 heavy (non-hydrogen) atoms. The summed E-state index contributed by atoms with van der Waals surface area (Å²) in [6.07, 6.45) is 6.78. The molecule has 0 radical (unpaired) electrons. The van der Waals surface area contributed by atoms with Crippen LogP contribution in [-0.4, -0.2) is 78.8 Å². The number of fused-ring (bicyclic) bond motifs is 1. The van der Waals surface area contributed by atoms with Gasteiger partial charge in [0.25, 0.3) is 5.91 Å². The van der Waals surface area contributed by atoms with E-state index in [0.717, 1.165) is 93.9 Å². The Morgan fingerprint density at radius 3 is 2.55 bits per heavy atom. The Balaban J connectivity index is 1.39. The maximum Gasteiger partial charge on any atom is 0.256 e. The maximum absolute atomic E-state index is 14.0. The number of benzene rings is 1. The lowest BCUT2D eigenvalue weighted by atomic mass is 9.98. The van der Waals surface area contributed by atoms with E-state index in [-0.39, 0.29) is 29.2 Å². The number of sulfonamides is 1. The molecule has 2 atom stereocenters. The molecule has 5 heterocycles. The van der Waals surface area contributed by atoms with Crippen LogP contribution in [0.1, 0.15) is 60.6 Å². The highest BCUT2D eigenvalue weighted by molar-refractivity contribution is 7.92. The van der Waals surface area contributed by atoms with Crippen molar-refractivity contribution in [3.63, 3.8) is 0 Å². The summed E-state index contributed by atoms with van der Waals surface area (Å²) in [6.45, 7) is 4.16. The molecule has 3 N–H and O–H groups in total. The second-order valence-corrected chi connectivity index (χ2v) is 13.3. The highest BCUT2D eigenvalue weighted by Crippen LogP contribution is 2.35. The molecule has 0 spiro atoms. The van der Waals surface area contributed by atoms with E-state index >= 15 is 0 Å². The molecule has 2 aromatic heterocycles. The summed E-state index contributed by atoms with van der Waals surface area (Å²) < 4.78 is 28.4. The van der Waals surface area contributed by atoms with Crippen molar-refractivity contribution in [2.45, 2.75) is 50.6 Å². The van der Waals surface area contributed by atoms with Gasteiger partial charge in [-0.15, -0.1) is 0 Å². The Hall–Kier alpha value is -3.09. The third-order valence-electron chi connectivity index (χ3n) is 7.99. The summed E-state index contributed by atoms with van der Waals surface area (Å²) >= 11 is 6.25. The van der Waals surface area contributed by atoms with E-state index < -0.39 is 10.0 Å². The number of likely N-dealkylation sites (tertiary alicyclic amines) is 1. The zero-order valence-electron chi connectivity index (χ0n) is 22.6. The number of carbonyl (C=O) groups excluding carboxylic acids is 1. The standard InChI is InChI=1S/C27H35ClN8O3S/c1-40(38,39)32-21-9-8-18(28)14-20(21)27(37)35-13-3-2-7-23(35)22-15-25-30-24(33-11-5-12-33)16-26(36(25)31-22)34-10-4-6-19(29)17-34/h8-9,14-16,19,23,32H,2-7,10-13,17,29H2,1H3. The number of aromatic nitrogens is 3. The second kappa shape index (κ2) is 10.7. The van der Waals surface area contributed by atoms with Crippen molar-refractivity contribution in [1.82, 2.24) is 19.5 Å². The molecule has 11 nitrogen and oxygen atoms in total. The van der Waals surface area contributed by atoms with Gasteiger partial charge in [0.1, 0.15) is 11.6 Å². The molecule has 3 fully saturated rings. The summed E-state index contributed by atoms with van der Waals surface area (Å²) in [5.74, 6) is 1.62. The number of amides is 1. The number of nitrogens with zero attached hydrogens (tertiary/aromatic N) is 6. The topological polar surface area (TPSA) is 129 Å². The van der Waals surface area contributed by atoms with Gasteiger partial charge in [-0.3, -0.25) is 9.52 Å². The van der Waals surface area contributed by atoms with Gasteiger partial charge in [-0.05, 0) is 56.7 Å². The summed E-state index contributed by atoms with van der Waals surface area (Å²) in [6, 6.07) is 8.54. The largest absolute Gasteiger partial charge is 0.356 e. The van der Waals surface area contributed by atoms with Crippen molar-refractivity contribution in [3.05, 3.63) is 46.6 Å². The Bertz CT molecular complexity index is 1540. The van der Waals surface area contributed by atoms with Crippen molar-refractivity contribution < 1.29 is 13.2 Å². The minimum Gasteiger partial charge on any atom is -0.356 e. The van der Waals surface area contributed by atoms with E-state index in [0.29, 0.717) is 11.6 Å². The monoisotopic (exact) mass is 586 g/mol. The number of nitrogens with one attached hydrogen (secondary N) is 1. The maximum atomic E-state index is 14.0. The Kier molecular flexibility index (Phi) is 7.26. The first-order valence-corrected chi connectivity index (χ1v) is 16.2. The molecule has 3 saturated heterocycles. The summed E-state index contributed by atoms with van der Waals surface area (Å²) in [5, 5.41) is 5.39. The number of anilines is 3. The molecule has 3 aromatic rings. The molecule has 1 aromatic carbocycles. The zero-order valence-corrected chi connectivity index (χ0v) is 24.2. The zero-order chi connectivity index (χ0) is 28.0. The van der Waals surface area contributed by atoms with Crippen molar-refractivity contribution in [2.75, 3.05) is 53.5 Å². The minimum atomic E-state index is -3.59. The molecule has 6 rings (SSSR count). The fourth-order valence-electron chi connectivity index (χ4n) is 5.90. The van der Waals surface area contributed by atoms with Gasteiger partial charge in [-0.1, -0.05) is 11.6 Å². The first-order valence-electron chi connectivity index (χ1n) is 13.9. The molecular formula is C27H35ClN8O3S. The van der Waals surface area contributed by atoms with Gasteiger partial charge in [0.15, 0.2) is 5.65 Å². The quantitative estimate of drug-likeness (QED) is 0.450. The summed E-state index contributed by atoms with van der Waals surface area (Å²) in [7, 11) is -3.59. The van der Waals surface area contributed by atoms with E-state index in [4.69, 9.17) is 27.4 Å². The summed E-state index contributed by atoms with van der Waals surface area (Å²) in [4.78, 5) is 25.3. The SMILES string of the molecule is CS(=O)(=O)Nc1ccc(Cl)cc1C(=O)N1CCCCC1c1cc2nc(N3CCC3)cc(N3CCCC(N)C3)n2n1. The predicted molar refractivity (Wildman–Crippen MR) is 157 cm³/mol. The molecule has 13 heteroatoms. The van der Waals surface area contributed by atoms with Gasteiger partial charge < -0.3 is 20.4 Å². The van der Waals surface area contributed by atoms with Crippen molar-refractivity contribution in [2.24, 2.45) is 5.73 Å². The molecule has 2 unspecified atom stereocenters. The van der Waals surface area contributed by atoms with Crippen LogP contribution in [0.25, 0.3) is 5.65 Å². The molecule has 3 aliphatic heterocycles. The molecule has 214 valence electrons. The molecule has 1 amide bonds. The summed E-state index contributed by atoms with van der Waals surface area (Å²) in [5.41, 5.74) is 8.28. The van der Waals surface area contributed by atoms with E-state index in [1.54, 1.807) is 11.0 Å². The highest BCUT2D eigenvalue weighted by Gasteiger charge is 2.33. The second-order valence-electron chi connectivity index (χ2n) is 11.1. The van der Waals surface area contributed by atoms with Crippen LogP contribution in [0.5, 0.6) is 0 Å². The van der Waals surface area contributed by atoms with E-state index in [1.165, 1.54) is 12.1 Å². The minimum absolute atomic E-state index is 0.110. The number of piperidine rings is 2. The van der Waals surface area contributed by atoms with Gasteiger partial charge in [0.05, 0.1) is 29.2 Å². The van der Waals surface area contributed by atoms with Gasteiger partial charge in [0.2, 0.25) is 10.0 Å². The first-order chi connectivity index (χ1) is 19.2. The lowest BCUT2D eigenvalue weighted by molar-refractivity contribution is 0.0607. The average Bonchev–Trinajstić information content (AvgIpc) is 3.31. The van der Waals surface area contributed by atoms with Crippen LogP contribution in [0.15, 0.2) is 30.3 Å². The first kappa shape index (κ1) is 27.1. The number of rotatable bonds is 6. The predicted octanol–water partition coefficient (Wildman–Crippen LogP) is 3.26. The van der Waals surface area contributed by atoms with Gasteiger partial charge in [-0.25, -0.2) is 13.4 Å². The van der Waals surface area contributed by atoms with Crippen molar-refractivity contribution in [3.8, 4) is 0 Å². The number of hydrogen-bond donors (Lipinski definition) is 2. The average molecular weight is 587 g/mol. The van der Waals surface area contributed by atoms with E-state index in [9.17, 15) is 13.2 Å². The molecule has 0 aliphatic carbocycles. The molecule has 0 bridgehead atoms. The van der Waals surface area contributed by atoms with Crippen LogP contribution < -0.4 is 20.3 Å². The van der Waals surface area contributed by atoms with Crippen molar-refractivity contribution in [1.29, 1.82) is 0 Å². The number of carbonyl (C=O) groups is 1. The van der Waals surface area contributed by atoms with Gasteiger partial charge in [0, 0.05) is 55.9 Å². The highest BCUT2D eigenvalue weighted by atomic mass is 35.5. The fraction of sp³-hybridized carbons (Fsp3) is 0.519. The lowest BCUT2D eigenvalue weighted by Gasteiger charge is -2.35. The molecule has 3 aliphatic rings. The third kappa shape index (κ3) is 5.44. The van der Waals surface area contributed by atoms with Crippen LogP contribution in [-0.2, 0) is 10.0 Å². The van der Waals surface area contributed by atoms with Crippen LogP contribution in [0, 0.1) is 0 Å². The third-order valence-corrected chi connectivity index (χ3v) is 8.81. The van der Waals surface area contributed by atoms with Crippen LogP contribution in [0.2, 0.25) is 5.02 Å². The van der Waals surface area contributed by atoms with Crippen molar-refractivity contribution >= 4 is 50.5 Å². The molecule has 0 saturated carbocycles. The van der Waals surface area contributed by atoms with E-state index in [1.807, 2.05) is 10.6 Å². The number of halogens is 1. The van der Waals surface area contributed by atoms with Gasteiger partial charge in [-0.2, -0.15) is 9.61 Å². The van der Waals surface area contributed by atoms with Crippen LogP contribution >= 0.6 is 11.6 Å². The lowest BCUT2D eigenvalue weighted by Crippen LogP contribution is -2.44. The number of hydrogen-bond acceptors (Lipinski definition) is 8. The Labute approximate surface area is 239 Å². The smallest absolute Gasteiger partial charge is 0.256 e. The van der Waals surface area contributed by atoms with E-state index in [2.05, 4.69) is 20.6 Å². The van der Waals surface area contributed by atoms with Crippen LogP contribution in [0.3, 0.4) is 0 Å². The van der Waals surface area contributed by atoms with Gasteiger partial charge >= 0.3 is 0 Å². The normalized spacial score (nSPS) is 21.9. The fourth-order valence-corrected chi connectivity index (χ4v) is 6.65. The Morgan fingerprint density at radius 1 is 1.02 bits per heavy atom. The van der Waals surface area contributed by atoms with Crippen LogP contribution in [0.4, 0.5) is 17.3 Å². The Morgan fingerprint density at radius 2 is 1.82 bits per heavy atom.